The molecule has 0 unspecified atom stereocenters. The summed E-state index contributed by atoms with van der Waals surface area (Å²) < 4.78 is 15.0. The maximum absolute atomic E-state index is 13.3. The van der Waals surface area contributed by atoms with E-state index in [2.05, 4.69) is 10.00 Å². The van der Waals surface area contributed by atoms with Gasteiger partial charge in [-0.05, 0) is 62.5 Å². The number of carbonyl (C=O) groups is 1. The van der Waals surface area contributed by atoms with Crippen LogP contribution in [-0.2, 0) is 13.6 Å². The number of benzene rings is 1. The largest absolute Gasteiger partial charge is 0.340 e. The fraction of sp³-hybridized carbons (Fsp3) is 0.500. The zero-order chi connectivity index (χ0) is 18.7. The smallest absolute Gasteiger partial charge is 0.274 e. The van der Waals surface area contributed by atoms with Crippen LogP contribution in [0, 0.1) is 18.7 Å². The normalized spacial score (nSPS) is 16.0. The SMILES string of the molecule is Cc1cc(C(=O)N(C)CC2CCN(Cc3cccc(F)c3)CC2)nn1C. The van der Waals surface area contributed by atoms with Crippen LogP contribution in [-0.4, -0.2) is 52.2 Å². The summed E-state index contributed by atoms with van der Waals surface area (Å²) in [5.74, 6) is 0.302. The van der Waals surface area contributed by atoms with Crippen molar-refractivity contribution < 1.29 is 9.18 Å². The van der Waals surface area contributed by atoms with Crippen LogP contribution in [0.1, 0.15) is 34.6 Å². The zero-order valence-corrected chi connectivity index (χ0v) is 15.8. The van der Waals surface area contributed by atoms with Gasteiger partial charge in [-0.2, -0.15) is 5.10 Å². The fourth-order valence-corrected chi connectivity index (χ4v) is 3.55. The molecular formula is C20H27FN4O. The Morgan fingerprint density at radius 3 is 2.65 bits per heavy atom. The number of hydrogen-bond donors (Lipinski definition) is 0. The monoisotopic (exact) mass is 358 g/mol. The molecule has 0 bridgehead atoms. The van der Waals surface area contributed by atoms with Crippen molar-refractivity contribution in [1.82, 2.24) is 19.6 Å². The summed E-state index contributed by atoms with van der Waals surface area (Å²) in [4.78, 5) is 16.7. The number of carbonyl (C=O) groups excluding carboxylic acids is 1. The minimum absolute atomic E-state index is 0.0177. The molecule has 0 aliphatic carbocycles. The van der Waals surface area contributed by atoms with Crippen molar-refractivity contribution in [3.63, 3.8) is 0 Å². The minimum Gasteiger partial charge on any atom is -0.340 e. The van der Waals surface area contributed by atoms with Gasteiger partial charge >= 0.3 is 0 Å². The standard InChI is InChI=1S/C20H27FN4O/c1-15-11-19(22-24(15)3)20(26)23(2)13-16-7-9-25(10-8-16)14-17-5-4-6-18(21)12-17/h4-6,11-12,16H,7-10,13-14H2,1-3H3. The Balaban J connectivity index is 1.48. The lowest BCUT2D eigenvalue weighted by atomic mass is 9.96. The maximum Gasteiger partial charge on any atom is 0.274 e. The van der Waals surface area contributed by atoms with E-state index < -0.39 is 0 Å². The van der Waals surface area contributed by atoms with E-state index in [1.165, 1.54) is 6.07 Å². The summed E-state index contributed by atoms with van der Waals surface area (Å²) in [5.41, 5.74) is 2.50. The van der Waals surface area contributed by atoms with E-state index in [4.69, 9.17) is 0 Å². The number of nitrogens with zero attached hydrogens (tertiary/aromatic N) is 4. The Morgan fingerprint density at radius 2 is 2.04 bits per heavy atom. The molecule has 26 heavy (non-hydrogen) atoms. The number of aromatic nitrogens is 2. The average molecular weight is 358 g/mol. The van der Waals surface area contributed by atoms with E-state index in [-0.39, 0.29) is 11.7 Å². The van der Waals surface area contributed by atoms with Crippen molar-refractivity contribution in [2.75, 3.05) is 26.7 Å². The first kappa shape index (κ1) is 18.6. The minimum atomic E-state index is -0.178. The molecule has 140 valence electrons. The van der Waals surface area contributed by atoms with E-state index in [0.717, 1.165) is 50.3 Å². The van der Waals surface area contributed by atoms with Crippen molar-refractivity contribution in [1.29, 1.82) is 0 Å². The molecule has 5 nitrogen and oxygen atoms in total. The van der Waals surface area contributed by atoms with Crippen molar-refractivity contribution >= 4 is 5.91 Å². The molecule has 1 aromatic heterocycles. The molecule has 0 saturated carbocycles. The van der Waals surface area contributed by atoms with Crippen LogP contribution in [0.15, 0.2) is 30.3 Å². The van der Waals surface area contributed by atoms with Crippen molar-refractivity contribution in [2.45, 2.75) is 26.3 Å². The van der Waals surface area contributed by atoms with Gasteiger partial charge in [-0.15, -0.1) is 0 Å². The van der Waals surface area contributed by atoms with E-state index in [1.807, 2.05) is 33.2 Å². The Hall–Kier alpha value is -2.21. The van der Waals surface area contributed by atoms with E-state index in [0.29, 0.717) is 11.6 Å². The van der Waals surface area contributed by atoms with Crippen molar-refractivity contribution in [3.8, 4) is 0 Å². The average Bonchev–Trinajstić information content (AvgIpc) is 2.95. The van der Waals surface area contributed by atoms with Gasteiger partial charge in [-0.25, -0.2) is 4.39 Å². The molecule has 1 fully saturated rings. The van der Waals surface area contributed by atoms with E-state index in [1.54, 1.807) is 21.7 Å². The van der Waals surface area contributed by atoms with Gasteiger partial charge in [-0.3, -0.25) is 14.4 Å². The molecule has 0 atom stereocenters. The van der Waals surface area contributed by atoms with Crippen LogP contribution in [0.5, 0.6) is 0 Å². The maximum atomic E-state index is 13.3. The van der Waals surface area contributed by atoms with Gasteiger partial charge in [0, 0.05) is 32.9 Å². The van der Waals surface area contributed by atoms with Crippen LogP contribution in [0.3, 0.4) is 0 Å². The van der Waals surface area contributed by atoms with Crippen LogP contribution in [0.4, 0.5) is 4.39 Å². The summed E-state index contributed by atoms with van der Waals surface area (Å²) in [6, 6.07) is 8.65. The van der Waals surface area contributed by atoms with Gasteiger partial charge in [-0.1, -0.05) is 12.1 Å². The molecule has 1 amide bonds. The molecule has 1 aliphatic rings. The topological polar surface area (TPSA) is 41.4 Å². The van der Waals surface area contributed by atoms with Crippen molar-refractivity contribution in [2.24, 2.45) is 13.0 Å². The number of hydrogen-bond acceptors (Lipinski definition) is 3. The van der Waals surface area contributed by atoms with Gasteiger partial charge in [0.15, 0.2) is 5.69 Å². The molecular weight excluding hydrogens is 331 g/mol. The van der Waals surface area contributed by atoms with Crippen LogP contribution < -0.4 is 0 Å². The van der Waals surface area contributed by atoms with Crippen LogP contribution >= 0.6 is 0 Å². The lowest BCUT2D eigenvalue weighted by Crippen LogP contribution is -2.39. The zero-order valence-electron chi connectivity index (χ0n) is 15.8. The predicted molar refractivity (Wildman–Crippen MR) is 99.3 cm³/mol. The second kappa shape index (κ2) is 7.99. The molecule has 2 aromatic rings. The first-order valence-corrected chi connectivity index (χ1v) is 9.15. The Bertz CT molecular complexity index is 745. The highest BCUT2D eigenvalue weighted by molar-refractivity contribution is 5.92. The van der Waals surface area contributed by atoms with Gasteiger partial charge in [0.25, 0.3) is 5.91 Å². The molecule has 1 aromatic carbocycles. The number of halogens is 1. The molecule has 0 N–H and O–H groups in total. The predicted octanol–water partition coefficient (Wildman–Crippen LogP) is 2.85. The highest BCUT2D eigenvalue weighted by atomic mass is 19.1. The Kier molecular flexibility index (Phi) is 5.71. The van der Waals surface area contributed by atoms with Gasteiger partial charge in [0.2, 0.25) is 0 Å². The Morgan fingerprint density at radius 1 is 1.31 bits per heavy atom. The Labute approximate surface area is 154 Å². The van der Waals surface area contributed by atoms with E-state index in [9.17, 15) is 9.18 Å². The first-order valence-electron chi connectivity index (χ1n) is 9.15. The highest BCUT2D eigenvalue weighted by Gasteiger charge is 2.23. The van der Waals surface area contributed by atoms with Gasteiger partial charge in [0.1, 0.15) is 5.82 Å². The number of rotatable bonds is 5. The number of aryl methyl sites for hydroxylation is 2. The quantitative estimate of drug-likeness (QED) is 0.825. The second-order valence-corrected chi connectivity index (χ2v) is 7.33. The third-order valence-electron chi connectivity index (χ3n) is 5.21. The second-order valence-electron chi connectivity index (χ2n) is 7.33. The summed E-state index contributed by atoms with van der Waals surface area (Å²) in [7, 11) is 3.70. The summed E-state index contributed by atoms with van der Waals surface area (Å²) in [6.07, 6.45) is 2.10. The lowest BCUT2D eigenvalue weighted by molar-refractivity contribution is 0.0731. The molecule has 6 heteroatoms. The number of piperidine rings is 1. The van der Waals surface area contributed by atoms with E-state index >= 15 is 0 Å². The highest BCUT2D eigenvalue weighted by Crippen LogP contribution is 2.20. The molecule has 3 rings (SSSR count). The summed E-state index contributed by atoms with van der Waals surface area (Å²) in [5, 5.41) is 4.28. The third kappa shape index (κ3) is 4.49. The van der Waals surface area contributed by atoms with Crippen LogP contribution in [0.2, 0.25) is 0 Å². The number of amides is 1. The first-order chi connectivity index (χ1) is 12.4. The fourth-order valence-electron chi connectivity index (χ4n) is 3.55. The van der Waals surface area contributed by atoms with Gasteiger partial charge in [0.05, 0.1) is 0 Å². The van der Waals surface area contributed by atoms with Gasteiger partial charge < -0.3 is 4.90 Å². The molecule has 0 spiro atoms. The lowest BCUT2D eigenvalue weighted by Gasteiger charge is -2.33. The van der Waals surface area contributed by atoms with Crippen LogP contribution in [0.25, 0.3) is 0 Å². The molecule has 1 saturated heterocycles. The molecule has 2 heterocycles. The third-order valence-corrected chi connectivity index (χ3v) is 5.21. The van der Waals surface area contributed by atoms with Crippen molar-refractivity contribution in [3.05, 3.63) is 53.1 Å². The molecule has 1 aliphatic heterocycles. The molecule has 0 radical (unpaired) electrons. The summed E-state index contributed by atoms with van der Waals surface area (Å²) >= 11 is 0. The summed E-state index contributed by atoms with van der Waals surface area (Å²) in [6.45, 7) is 5.44. The number of likely N-dealkylation sites (tertiary alicyclic amines) is 1.